The Morgan fingerprint density at radius 1 is 1.24 bits per heavy atom. The molecule has 0 aliphatic rings. The van der Waals surface area contributed by atoms with E-state index in [9.17, 15) is 31.1 Å². The molecule has 1 aromatic carbocycles. The van der Waals surface area contributed by atoms with Crippen molar-refractivity contribution < 1.29 is 35.9 Å². The van der Waals surface area contributed by atoms with Gasteiger partial charge in [0.1, 0.15) is 11.1 Å². The lowest BCUT2D eigenvalue weighted by Crippen LogP contribution is -2.17. The normalized spacial score (nSPS) is 13.9. The predicted molar refractivity (Wildman–Crippen MR) is 64.3 cm³/mol. The summed E-state index contributed by atoms with van der Waals surface area (Å²) in [4.78, 5) is 10.5. The van der Waals surface area contributed by atoms with Gasteiger partial charge in [0.25, 0.3) is 0 Å². The van der Waals surface area contributed by atoms with Gasteiger partial charge >= 0.3 is 11.9 Å². The number of hydrogen-bond donors (Lipinski definition) is 0. The van der Waals surface area contributed by atoms with Gasteiger partial charge in [-0.05, 0) is 36.4 Å². The van der Waals surface area contributed by atoms with Crippen LogP contribution in [0.25, 0.3) is 0 Å². The molecule has 0 heterocycles. The van der Waals surface area contributed by atoms with Gasteiger partial charge in [0.2, 0.25) is 0 Å². The van der Waals surface area contributed by atoms with Crippen LogP contribution in [0.5, 0.6) is 5.75 Å². The fourth-order valence-corrected chi connectivity index (χ4v) is 2.34. The monoisotopic (exact) mass is 352 g/mol. The number of ether oxygens (including phenoxy) is 1. The van der Waals surface area contributed by atoms with Crippen LogP contribution in [0.2, 0.25) is 0 Å². The molecule has 2 nitrogen and oxygen atoms in total. The number of Topliss-reactive ketones (excluding diaryl/α,β-unsaturated/α-hetero) is 1. The molecule has 0 bridgehead atoms. The number of hydrogen-bond acceptors (Lipinski definition) is 3. The third-order valence-electron chi connectivity index (χ3n) is 2.07. The first-order chi connectivity index (χ1) is 9.39. The summed E-state index contributed by atoms with van der Waals surface area (Å²) in [7, 11) is 0. The molecular weight excluding hydrogens is 346 g/mol. The van der Waals surface area contributed by atoms with Gasteiger partial charge in [-0.25, -0.2) is 0 Å². The topological polar surface area (TPSA) is 26.3 Å². The van der Waals surface area contributed by atoms with Gasteiger partial charge < -0.3 is 4.74 Å². The van der Waals surface area contributed by atoms with Crippen molar-refractivity contribution in [3.63, 3.8) is 0 Å². The smallest absolute Gasteiger partial charge is 0.406 e. The van der Waals surface area contributed by atoms with Crippen LogP contribution in [0, 0.1) is 0 Å². The molecular formula is C11H7ClF6O2S. The van der Waals surface area contributed by atoms with Crippen LogP contribution >= 0.6 is 23.4 Å². The molecule has 1 rings (SSSR count). The Kier molecular flexibility index (Phi) is 5.43. The van der Waals surface area contributed by atoms with Crippen LogP contribution < -0.4 is 4.74 Å². The standard InChI is InChI=1S/C11H7ClF6O2S/c1-5(19)9(12)7-3-2-6(20-10(13,14)15)4-8(7)21-11(16,17)18/h2-4,9H,1H3. The molecule has 0 aromatic heterocycles. The maximum atomic E-state index is 12.4. The fraction of sp³-hybridized carbons (Fsp3) is 0.364. The van der Waals surface area contributed by atoms with Gasteiger partial charge in [0.15, 0.2) is 5.78 Å². The van der Waals surface area contributed by atoms with Crippen molar-refractivity contribution >= 4 is 29.1 Å². The number of ketones is 1. The van der Waals surface area contributed by atoms with E-state index in [1.54, 1.807) is 0 Å². The highest BCUT2D eigenvalue weighted by molar-refractivity contribution is 8.00. The molecule has 1 aromatic rings. The van der Waals surface area contributed by atoms with E-state index in [1.165, 1.54) is 0 Å². The van der Waals surface area contributed by atoms with E-state index in [4.69, 9.17) is 11.6 Å². The zero-order valence-electron chi connectivity index (χ0n) is 10.2. The molecule has 0 N–H and O–H groups in total. The summed E-state index contributed by atoms with van der Waals surface area (Å²) in [6.07, 6.45) is -5.04. The summed E-state index contributed by atoms with van der Waals surface area (Å²) < 4.78 is 77.0. The Morgan fingerprint density at radius 2 is 1.81 bits per heavy atom. The van der Waals surface area contributed by atoms with Crippen LogP contribution in [0.1, 0.15) is 17.9 Å². The van der Waals surface area contributed by atoms with Gasteiger partial charge in [0, 0.05) is 4.90 Å². The van der Waals surface area contributed by atoms with E-state index < -0.39 is 45.4 Å². The second kappa shape index (κ2) is 6.35. The molecule has 0 spiro atoms. The minimum Gasteiger partial charge on any atom is -0.406 e. The molecule has 0 saturated carbocycles. The Hall–Kier alpha value is -1.09. The molecule has 1 atom stereocenters. The van der Waals surface area contributed by atoms with E-state index in [1.807, 2.05) is 0 Å². The highest BCUT2D eigenvalue weighted by Crippen LogP contribution is 2.43. The molecule has 0 aliphatic heterocycles. The maximum Gasteiger partial charge on any atom is 0.573 e. The average molecular weight is 353 g/mol. The first-order valence-electron chi connectivity index (χ1n) is 5.19. The molecule has 0 saturated heterocycles. The Morgan fingerprint density at radius 3 is 2.24 bits per heavy atom. The molecule has 21 heavy (non-hydrogen) atoms. The van der Waals surface area contributed by atoms with Crippen molar-refractivity contribution in [2.45, 2.75) is 29.1 Å². The minimum atomic E-state index is -5.04. The first-order valence-corrected chi connectivity index (χ1v) is 6.44. The number of carbonyl (C=O) groups is 1. The molecule has 118 valence electrons. The van der Waals surface area contributed by atoms with E-state index in [-0.39, 0.29) is 5.56 Å². The minimum absolute atomic E-state index is 0.235. The van der Waals surface area contributed by atoms with Gasteiger partial charge in [0.05, 0.1) is 0 Å². The fourth-order valence-electron chi connectivity index (χ4n) is 1.35. The largest absolute Gasteiger partial charge is 0.573 e. The summed E-state index contributed by atoms with van der Waals surface area (Å²) in [6, 6.07) is 2.23. The number of thioether (sulfide) groups is 1. The quantitative estimate of drug-likeness (QED) is 0.430. The van der Waals surface area contributed by atoms with Crippen LogP contribution in [-0.4, -0.2) is 17.7 Å². The molecule has 0 amide bonds. The molecule has 0 fully saturated rings. The summed E-state index contributed by atoms with van der Waals surface area (Å²) in [5, 5.41) is -1.39. The maximum absolute atomic E-state index is 12.4. The molecule has 0 radical (unpaired) electrons. The van der Waals surface area contributed by atoms with Crippen molar-refractivity contribution in [1.29, 1.82) is 0 Å². The number of carbonyl (C=O) groups excluding carboxylic acids is 1. The van der Waals surface area contributed by atoms with Crippen LogP contribution in [0.15, 0.2) is 23.1 Å². The van der Waals surface area contributed by atoms with Gasteiger partial charge in [-0.2, -0.15) is 13.2 Å². The lowest BCUT2D eigenvalue weighted by Gasteiger charge is -2.16. The summed E-state index contributed by atoms with van der Waals surface area (Å²) in [6.45, 7) is 1.06. The number of alkyl halides is 7. The van der Waals surface area contributed by atoms with Crippen molar-refractivity contribution in [2.75, 3.05) is 0 Å². The summed E-state index contributed by atoms with van der Waals surface area (Å²) in [5.41, 5.74) is -4.99. The average Bonchev–Trinajstić information content (AvgIpc) is 2.23. The first kappa shape index (κ1) is 18.0. The van der Waals surface area contributed by atoms with E-state index >= 15 is 0 Å². The van der Waals surface area contributed by atoms with Crippen molar-refractivity contribution in [2.24, 2.45) is 0 Å². The van der Waals surface area contributed by atoms with Crippen LogP contribution in [0.3, 0.4) is 0 Å². The Labute approximate surface area is 124 Å². The second-order valence-corrected chi connectivity index (χ2v) is 5.31. The SMILES string of the molecule is CC(=O)C(Cl)c1ccc(OC(F)(F)F)cc1SC(F)(F)F. The Balaban J connectivity index is 3.23. The summed E-state index contributed by atoms with van der Waals surface area (Å²) in [5.74, 6) is -1.46. The molecule has 0 aliphatic carbocycles. The van der Waals surface area contributed by atoms with E-state index in [0.717, 1.165) is 19.1 Å². The number of benzene rings is 1. The highest BCUT2D eigenvalue weighted by Gasteiger charge is 2.34. The van der Waals surface area contributed by atoms with Crippen molar-refractivity contribution in [1.82, 2.24) is 0 Å². The number of rotatable bonds is 4. The predicted octanol–water partition coefficient (Wildman–Crippen LogP) is 5.07. The van der Waals surface area contributed by atoms with Crippen molar-refractivity contribution in [3.05, 3.63) is 23.8 Å². The lowest BCUT2D eigenvalue weighted by atomic mass is 10.1. The van der Waals surface area contributed by atoms with Gasteiger partial charge in [-0.3, -0.25) is 4.79 Å². The van der Waals surface area contributed by atoms with Gasteiger partial charge in [-0.1, -0.05) is 6.07 Å². The summed E-state index contributed by atoms with van der Waals surface area (Å²) >= 11 is 5.00. The zero-order valence-corrected chi connectivity index (χ0v) is 11.8. The molecule has 1 unspecified atom stereocenters. The third kappa shape index (κ3) is 6.04. The Bertz CT molecular complexity index is 528. The van der Waals surface area contributed by atoms with Crippen LogP contribution in [-0.2, 0) is 4.79 Å². The highest BCUT2D eigenvalue weighted by atomic mass is 35.5. The van der Waals surface area contributed by atoms with Gasteiger partial charge in [-0.15, -0.1) is 24.8 Å². The molecule has 10 heteroatoms. The zero-order chi connectivity index (χ0) is 16.4. The second-order valence-electron chi connectivity index (χ2n) is 3.77. The van der Waals surface area contributed by atoms with Crippen LogP contribution in [0.4, 0.5) is 26.3 Å². The number of halogens is 7. The van der Waals surface area contributed by atoms with Crippen molar-refractivity contribution in [3.8, 4) is 5.75 Å². The third-order valence-corrected chi connectivity index (χ3v) is 3.42. The lowest BCUT2D eigenvalue weighted by molar-refractivity contribution is -0.274. The van der Waals surface area contributed by atoms with E-state index in [0.29, 0.717) is 6.07 Å². The van der Waals surface area contributed by atoms with E-state index in [2.05, 4.69) is 4.74 Å².